The number of nitrogens with one attached hydrogen (secondary N) is 2. The van der Waals surface area contributed by atoms with E-state index < -0.39 is 5.91 Å². The fourth-order valence-electron chi connectivity index (χ4n) is 4.22. The number of anilines is 1. The molecule has 27 heavy (non-hydrogen) atoms. The standard InChI is InChI=1S/C19H26N4O3.ClH/c20-16(24)10-22-18(25)11-4-6-15(7-5-11)23-19(26)14-8-12-2-1-3-13(9-14)17(12)21;/h4-7,12-14,17H,1-3,8-10,21H2,(H2,20,24)(H,22,25)(H,23,26);1H. The van der Waals surface area contributed by atoms with E-state index in [2.05, 4.69) is 10.6 Å². The molecule has 2 unspecified atom stereocenters. The maximum Gasteiger partial charge on any atom is 0.251 e. The molecule has 0 heterocycles. The fourth-order valence-corrected chi connectivity index (χ4v) is 4.22. The highest BCUT2D eigenvalue weighted by atomic mass is 35.5. The van der Waals surface area contributed by atoms with Crippen molar-refractivity contribution in [1.82, 2.24) is 5.32 Å². The van der Waals surface area contributed by atoms with E-state index in [0.717, 1.165) is 25.7 Å². The SMILES string of the molecule is Cl.NC(=O)CNC(=O)c1ccc(NC(=O)C2CC3CCCC(C2)C3N)cc1. The van der Waals surface area contributed by atoms with Crippen LogP contribution < -0.4 is 22.1 Å². The maximum atomic E-state index is 12.6. The van der Waals surface area contributed by atoms with Gasteiger partial charge >= 0.3 is 0 Å². The minimum atomic E-state index is -0.598. The molecule has 1 aromatic carbocycles. The van der Waals surface area contributed by atoms with Crippen LogP contribution in [0, 0.1) is 17.8 Å². The Hall–Kier alpha value is -2.12. The van der Waals surface area contributed by atoms with Gasteiger partial charge in [-0.25, -0.2) is 0 Å². The van der Waals surface area contributed by atoms with E-state index in [-0.39, 0.29) is 42.7 Å². The lowest BCUT2D eigenvalue weighted by Crippen LogP contribution is -2.48. The molecule has 0 aliphatic heterocycles. The van der Waals surface area contributed by atoms with Gasteiger partial charge in [0.05, 0.1) is 6.54 Å². The van der Waals surface area contributed by atoms with Gasteiger partial charge in [0.1, 0.15) is 0 Å². The molecule has 2 atom stereocenters. The Morgan fingerprint density at radius 3 is 2.19 bits per heavy atom. The summed E-state index contributed by atoms with van der Waals surface area (Å²) >= 11 is 0. The number of amides is 3. The van der Waals surface area contributed by atoms with Crippen molar-refractivity contribution in [3.8, 4) is 0 Å². The Kier molecular flexibility index (Phi) is 7.21. The molecule has 2 bridgehead atoms. The molecule has 2 fully saturated rings. The number of hydrogen-bond acceptors (Lipinski definition) is 4. The molecule has 3 rings (SSSR count). The summed E-state index contributed by atoms with van der Waals surface area (Å²) in [6.45, 7) is -0.205. The Labute approximate surface area is 165 Å². The molecule has 0 spiro atoms. The Bertz CT molecular complexity index is 681. The Morgan fingerprint density at radius 1 is 1.04 bits per heavy atom. The Morgan fingerprint density at radius 2 is 1.63 bits per heavy atom. The van der Waals surface area contributed by atoms with Crippen molar-refractivity contribution in [2.24, 2.45) is 29.2 Å². The number of benzene rings is 1. The topological polar surface area (TPSA) is 127 Å². The van der Waals surface area contributed by atoms with E-state index in [1.165, 1.54) is 6.42 Å². The molecular weight excluding hydrogens is 368 g/mol. The smallest absolute Gasteiger partial charge is 0.251 e. The number of carbonyl (C=O) groups excluding carboxylic acids is 3. The van der Waals surface area contributed by atoms with E-state index in [1.54, 1.807) is 24.3 Å². The molecule has 2 aliphatic carbocycles. The first-order chi connectivity index (χ1) is 12.4. The number of primary amides is 1. The molecule has 7 nitrogen and oxygen atoms in total. The second kappa shape index (κ2) is 9.19. The largest absolute Gasteiger partial charge is 0.368 e. The lowest BCUT2D eigenvalue weighted by atomic mass is 9.65. The molecule has 2 aliphatic rings. The predicted molar refractivity (Wildman–Crippen MR) is 105 cm³/mol. The van der Waals surface area contributed by atoms with Crippen LogP contribution in [0.3, 0.4) is 0 Å². The average molecular weight is 395 g/mol. The van der Waals surface area contributed by atoms with Crippen LogP contribution in [0.15, 0.2) is 24.3 Å². The highest BCUT2D eigenvalue weighted by Crippen LogP contribution is 2.42. The lowest BCUT2D eigenvalue weighted by Gasteiger charge is -2.43. The molecule has 1 aromatic rings. The summed E-state index contributed by atoms with van der Waals surface area (Å²) in [5.74, 6) is -0.0394. The van der Waals surface area contributed by atoms with Crippen LogP contribution in [0.25, 0.3) is 0 Å². The summed E-state index contributed by atoms with van der Waals surface area (Å²) in [5.41, 5.74) is 12.4. The first kappa shape index (κ1) is 21.2. The van der Waals surface area contributed by atoms with Gasteiger partial charge in [-0.1, -0.05) is 6.42 Å². The normalized spacial score (nSPS) is 26.4. The van der Waals surface area contributed by atoms with Crippen molar-refractivity contribution in [3.05, 3.63) is 29.8 Å². The fraction of sp³-hybridized carbons (Fsp3) is 0.526. The summed E-state index contributed by atoms with van der Waals surface area (Å²) < 4.78 is 0. The zero-order chi connectivity index (χ0) is 18.7. The number of nitrogens with two attached hydrogens (primary N) is 2. The van der Waals surface area contributed by atoms with Gasteiger partial charge in [0.15, 0.2) is 0 Å². The third-order valence-electron chi connectivity index (χ3n) is 5.62. The van der Waals surface area contributed by atoms with Crippen LogP contribution in [0.2, 0.25) is 0 Å². The average Bonchev–Trinajstić information content (AvgIpc) is 2.60. The van der Waals surface area contributed by atoms with Gasteiger partial charge in [0, 0.05) is 23.2 Å². The van der Waals surface area contributed by atoms with Crippen LogP contribution in [-0.2, 0) is 9.59 Å². The van der Waals surface area contributed by atoms with E-state index in [1.807, 2.05) is 0 Å². The van der Waals surface area contributed by atoms with Gasteiger partial charge in [-0.2, -0.15) is 0 Å². The molecule has 0 aromatic heterocycles. The number of halogens is 1. The molecule has 8 heteroatoms. The molecule has 0 saturated heterocycles. The number of hydrogen-bond donors (Lipinski definition) is 4. The molecule has 3 amide bonds. The van der Waals surface area contributed by atoms with Crippen LogP contribution in [-0.4, -0.2) is 30.3 Å². The van der Waals surface area contributed by atoms with Crippen molar-refractivity contribution in [3.63, 3.8) is 0 Å². The zero-order valence-corrected chi connectivity index (χ0v) is 16.0. The van der Waals surface area contributed by atoms with Gasteiger partial charge < -0.3 is 22.1 Å². The van der Waals surface area contributed by atoms with Crippen LogP contribution in [0.4, 0.5) is 5.69 Å². The zero-order valence-electron chi connectivity index (χ0n) is 15.1. The van der Waals surface area contributed by atoms with Gasteiger partial charge in [-0.3, -0.25) is 14.4 Å². The molecular formula is C19H27ClN4O3. The summed E-state index contributed by atoms with van der Waals surface area (Å²) in [6, 6.07) is 6.83. The molecule has 0 radical (unpaired) electrons. The van der Waals surface area contributed by atoms with E-state index in [0.29, 0.717) is 23.1 Å². The second-order valence-corrected chi connectivity index (χ2v) is 7.41. The Balaban J connectivity index is 0.00000261. The quantitative estimate of drug-likeness (QED) is 0.602. The van der Waals surface area contributed by atoms with Crippen molar-refractivity contribution in [1.29, 1.82) is 0 Å². The van der Waals surface area contributed by atoms with Crippen LogP contribution >= 0.6 is 12.4 Å². The molecule has 148 valence electrons. The van der Waals surface area contributed by atoms with Crippen LogP contribution in [0.1, 0.15) is 42.5 Å². The highest BCUT2D eigenvalue weighted by Gasteiger charge is 2.40. The third kappa shape index (κ3) is 5.20. The van der Waals surface area contributed by atoms with Gasteiger partial charge in [-0.15, -0.1) is 12.4 Å². The first-order valence-electron chi connectivity index (χ1n) is 9.17. The van der Waals surface area contributed by atoms with Gasteiger partial charge in [0.2, 0.25) is 11.8 Å². The number of fused-ring (bicyclic) bond motifs is 2. The molecule has 6 N–H and O–H groups in total. The minimum Gasteiger partial charge on any atom is -0.368 e. The summed E-state index contributed by atoms with van der Waals surface area (Å²) in [6.07, 6.45) is 5.18. The highest BCUT2D eigenvalue weighted by molar-refractivity contribution is 5.97. The predicted octanol–water partition coefficient (Wildman–Crippen LogP) is 1.42. The maximum absolute atomic E-state index is 12.6. The van der Waals surface area contributed by atoms with Gasteiger partial charge in [0.25, 0.3) is 5.91 Å². The van der Waals surface area contributed by atoms with Gasteiger partial charge in [-0.05, 0) is 61.8 Å². The summed E-state index contributed by atoms with van der Waals surface area (Å²) in [5, 5.41) is 5.37. The van der Waals surface area contributed by atoms with Crippen molar-refractivity contribution >= 4 is 35.8 Å². The molecule has 2 saturated carbocycles. The summed E-state index contributed by atoms with van der Waals surface area (Å²) in [7, 11) is 0. The van der Waals surface area contributed by atoms with E-state index in [9.17, 15) is 14.4 Å². The number of rotatable bonds is 5. The second-order valence-electron chi connectivity index (χ2n) is 7.41. The lowest BCUT2D eigenvalue weighted by molar-refractivity contribution is -0.122. The number of carbonyl (C=O) groups is 3. The van der Waals surface area contributed by atoms with Crippen molar-refractivity contribution in [2.75, 3.05) is 11.9 Å². The van der Waals surface area contributed by atoms with E-state index in [4.69, 9.17) is 11.5 Å². The monoisotopic (exact) mass is 394 g/mol. The minimum absolute atomic E-state index is 0. The van der Waals surface area contributed by atoms with E-state index >= 15 is 0 Å². The first-order valence-corrected chi connectivity index (χ1v) is 9.17. The van der Waals surface area contributed by atoms with Crippen molar-refractivity contribution < 1.29 is 14.4 Å². The van der Waals surface area contributed by atoms with Crippen LogP contribution in [0.5, 0.6) is 0 Å². The van der Waals surface area contributed by atoms with Crippen molar-refractivity contribution in [2.45, 2.75) is 38.1 Å². The summed E-state index contributed by atoms with van der Waals surface area (Å²) in [4.78, 5) is 35.2. The third-order valence-corrected chi connectivity index (χ3v) is 5.62.